The van der Waals surface area contributed by atoms with E-state index in [4.69, 9.17) is 5.26 Å². The molecule has 1 aliphatic carbocycles. The predicted octanol–water partition coefficient (Wildman–Crippen LogP) is 3.88. The van der Waals surface area contributed by atoms with Crippen molar-refractivity contribution >= 4 is 17.3 Å². The van der Waals surface area contributed by atoms with E-state index in [1.54, 1.807) is 24.3 Å². The van der Waals surface area contributed by atoms with Crippen molar-refractivity contribution in [1.29, 1.82) is 5.26 Å². The summed E-state index contributed by atoms with van der Waals surface area (Å²) >= 11 is 0. The van der Waals surface area contributed by atoms with Gasteiger partial charge in [0, 0.05) is 11.4 Å². The first-order chi connectivity index (χ1) is 11.7. The number of carbonyl (C=O) groups excluding carboxylic acids is 1. The highest BCUT2D eigenvalue weighted by molar-refractivity contribution is 5.96. The Balaban J connectivity index is 1.69. The summed E-state index contributed by atoms with van der Waals surface area (Å²) in [5.41, 5.74) is 4.96. The molecule has 1 atom stereocenters. The van der Waals surface area contributed by atoms with Gasteiger partial charge in [-0.2, -0.15) is 5.26 Å². The molecule has 0 saturated carbocycles. The summed E-state index contributed by atoms with van der Waals surface area (Å²) in [5, 5.41) is 15.1. The second-order valence-corrected chi connectivity index (χ2v) is 6.20. The van der Waals surface area contributed by atoms with Gasteiger partial charge in [-0.25, -0.2) is 0 Å². The number of nitrogens with one attached hydrogen (secondary N) is 2. The molecule has 0 saturated heterocycles. The van der Waals surface area contributed by atoms with Gasteiger partial charge in [0.1, 0.15) is 6.04 Å². The first kappa shape index (κ1) is 16.1. The highest BCUT2D eigenvalue weighted by atomic mass is 16.2. The van der Waals surface area contributed by atoms with Crippen molar-refractivity contribution in [2.75, 3.05) is 10.6 Å². The highest BCUT2D eigenvalue weighted by Gasteiger charge is 2.17. The smallest absolute Gasteiger partial charge is 0.246 e. The minimum Gasteiger partial charge on any atom is -0.374 e. The Morgan fingerprint density at radius 3 is 2.79 bits per heavy atom. The Morgan fingerprint density at radius 1 is 1.17 bits per heavy atom. The van der Waals surface area contributed by atoms with Crippen LogP contribution in [-0.4, -0.2) is 11.9 Å². The van der Waals surface area contributed by atoms with E-state index in [1.165, 1.54) is 24.0 Å². The molecule has 1 aliphatic rings. The van der Waals surface area contributed by atoms with Crippen molar-refractivity contribution in [2.45, 2.75) is 38.6 Å². The van der Waals surface area contributed by atoms with E-state index < -0.39 is 0 Å². The van der Waals surface area contributed by atoms with Crippen molar-refractivity contribution in [3.05, 3.63) is 59.2 Å². The zero-order valence-electron chi connectivity index (χ0n) is 13.8. The van der Waals surface area contributed by atoms with Crippen LogP contribution in [0.25, 0.3) is 0 Å². The predicted molar refractivity (Wildman–Crippen MR) is 96.0 cm³/mol. The van der Waals surface area contributed by atoms with Gasteiger partial charge in [0.05, 0.1) is 11.6 Å². The van der Waals surface area contributed by atoms with Crippen LogP contribution in [0.4, 0.5) is 11.4 Å². The number of nitrogens with zero attached hydrogens (tertiary/aromatic N) is 1. The fourth-order valence-corrected chi connectivity index (χ4v) is 3.13. The molecule has 4 nitrogen and oxygen atoms in total. The maximum Gasteiger partial charge on any atom is 0.246 e. The normalized spacial score (nSPS) is 14.2. The zero-order chi connectivity index (χ0) is 16.9. The largest absolute Gasteiger partial charge is 0.374 e. The lowest BCUT2D eigenvalue weighted by atomic mass is 9.90. The summed E-state index contributed by atoms with van der Waals surface area (Å²) < 4.78 is 0. The van der Waals surface area contributed by atoms with Crippen molar-refractivity contribution in [2.24, 2.45) is 0 Å². The molecule has 2 N–H and O–H groups in total. The van der Waals surface area contributed by atoms with Gasteiger partial charge in [-0.05, 0) is 68.0 Å². The highest BCUT2D eigenvalue weighted by Crippen LogP contribution is 2.28. The molecule has 1 amide bonds. The number of benzene rings is 2. The summed E-state index contributed by atoms with van der Waals surface area (Å²) in [7, 11) is 0. The number of rotatable bonds is 4. The molecule has 0 fully saturated rings. The number of anilines is 2. The van der Waals surface area contributed by atoms with E-state index in [0.717, 1.165) is 18.5 Å². The molecule has 0 aromatic heterocycles. The third-order valence-corrected chi connectivity index (χ3v) is 4.42. The number of aryl methyl sites for hydroxylation is 1. The monoisotopic (exact) mass is 319 g/mol. The van der Waals surface area contributed by atoms with E-state index in [2.05, 4.69) is 22.8 Å². The van der Waals surface area contributed by atoms with Crippen molar-refractivity contribution in [3.8, 4) is 6.07 Å². The van der Waals surface area contributed by atoms with Gasteiger partial charge >= 0.3 is 0 Å². The van der Waals surface area contributed by atoms with Gasteiger partial charge in [0.15, 0.2) is 0 Å². The standard InChI is InChI=1S/C20H21N3O/c1-14(20(24)23-17-9-4-6-15(12-17)13-21)22-19-11-5-8-16-7-2-3-10-18(16)19/h4-6,8-9,11-12,14,22H,2-3,7,10H2,1H3,(H,23,24). The third-order valence-electron chi connectivity index (χ3n) is 4.42. The molecule has 2 aromatic rings. The topological polar surface area (TPSA) is 64.9 Å². The molecule has 0 heterocycles. The number of carbonyl (C=O) groups is 1. The van der Waals surface area contributed by atoms with Crippen LogP contribution in [0.2, 0.25) is 0 Å². The van der Waals surface area contributed by atoms with Gasteiger partial charge in [-0.1, -0.05) is 18.2 Å². The number of hydrogen-bond acceptors (Lipinski definition) is 3. The zero-order valence-corrected chi connectivity index (χ0v) is 13.8. The molecule has 0 spiro atoms. The molecule has 0 bridgehead atoms. The first-order valence-corrected chi connectivity index (χ1v) is 8.35. The van der Waals surface area contributed by atoms with Gasteiger partial charge in [-0.3, -0.25) is 4.79 Å². The Morgan fingerprint density at radius 2 is 1.96 bits per heavy atom. The molecule has 2 aromatic carbocycles. The molecule has 1 unspecified atom stereocenters. The van der Waals surface area contributed by atoms with E-state index in [0.29, 0.717) is 11.3 Å². The van der Waals surface area contributed by atoms with E-state index in [1.807, 2.05) is 19.1 Å². The third kappa shape index (κ3) is 3.57. The average molecular weight is 319 g/mol. The fourth-order valence-electron chi connectivity index (χ4n) is 3.13. The molecular weight excluding hydrogens is 298 g/mol. The van der Waals surface area contributed by atoms with E-state index >= 15 is 0 Å². The summed E-state index contributed by atoms with van der Waals surface area (Å²) in [6.07, 6.45) is 4.62. The lowest BCUT2D eigenvalue weighted by molar-refractivity contribution is -0.116. The van der Waals surface area contributed by atoms with Crippen LogP contribution < -0.4 is 10.6 Å². The lowest BCUT2D eigenvalue weighted by Crippen LogP contribution is -2.32. The molecule has 3 rings (SSSR count). The SMILES string of the molecule is CC(Nc1cccc2c1CCCC2)C(=O)Nc1cccc(C#N)c1. The molecule has 122 valence electrons. The Hall–Kier alpha value is -2.80. The Labute approximate surface area is 142 Å². The van der Waals surface area contributed by atoms with E-state index in [-0.39, 0.29) is 11.9 Å². The van der Waals surface area contributed by atoms with Gasteiger partial charge < -0.3 is 10.6 Å². The summed E-state index contributed by atoms with van der Waals surface area (Å²) in [4.78, 5) is 12.4. The number of amides is 1. The maximum absolute atomic E-state index is 12.4. The van der Waals surface area contributed by atoms with Crippen molar-refractivity contribution in [3.63, 3.8) is 0 Å². The minimum atomic E-state index is -0.357. The average Bonchev–Trinajstić information content (AvgIpc) is 2.62. The number of hydrogen-bond donors (Lipinski definition) is 2. The molecule has 4 heteroatoms. The van der Waals surface area contributed by atoms with Crippen LogP contribution in [0.3, 0.4) is 0 Å². The van der Waals surface area contributed by atoms with Gasteiger partial charge in [0.25, 0.3) is 0 Å². The number of fused-ring (bicyclic) bond motifs is 1. The second-order valence-electron chi connectivity index (χ2n) is 6.20. The van der Waals surface area contributed by atoms with Crippen LogP contribution >= 0.6 is 0 Å². The molecule has 24 heavy (non-hydrogen) atoms. The van der Waals surface area contributed by atoms with Crippen molar-refractivity contribution < 1.29 is 4.79 Å². The van der Waals surface area contributed by atoms with E-state index in [9.17, 15) is 4.79 Å². The lowest BCUT2D eigenvalue weighted by Gasteiger charge is -2.22. The Kier molecular flexibility index (Phi) is 4.81. The summed E-state index contributed by atoms with van der Waals surface area (Å²) in [6, 6.07) is 14.9. The minimum absolute atomic E-state index is 0.112. The van der Waals surface area contributed by atoms with Crippen LogP contribution in [0, 0.1) is 11.3 Å². The van der Waals surface area contributed by atoms with Gasteiger partial charge in [-0.15, -0.1) is 0 Å². The van der Waals surface area contributed by atoms with Crippen LogP contribution in [0.5, 0.6) is 0 Å². The number of nitriles is 1. The van der Waals surface area contributed by atoms with Crippen LogP contribution in [0.1, 0.15) is 36.5 Å². The second kappa shape index (κ2) is 7.18. The quantitative estimate of drug-likeness (QED) is 0.899. The molecule has 0 aliphatic heterocycles. The van der Waals surface area contributed by atoms with Crippen LogP contribution in [0.15, 0.2) is 42.5 Å². The molecular formula is C20H21N3O. The summed E-state index contributed by atoms with van der Waals surface area (Å²) in [6.45, 7) is 1.85. The fraction of sp³-hybridized carbons (Fsp3) is 0.300. The maximum atomic E-state index is 12.4. The summed E-state index contributed by atoms with van der Waals surface area (Å²) in [5.74, 6) is -0.112. The van der Waals surface area contributed by atoms with Crippen molar-refractivity contribution in [1.82, 2.24) is 0 Å². The van der Waals surface area contributed by atoms with Crippen LogP contribution in [-0.2, 0) is 17.6 Å². The Bertz CT molecular complexity index is 792. The first-order valence-electron chi connectivity index (χ1n) is 8.35. The molecule has 0 radical (unpaired) electrons. The van der Waals surface area contributed by atoms with Gasteiger partial charge in [0.2, 0.25) is 5.91 Å².